The van der Waals surface area contributed by atoms with Crippen LogP contribution < -0.4 is 5.32 Å². The quantitative estimate of drug-likeness (QED) is 0.854. The predicted octanol–water partition coefficient (Wildman–Crippen LogP) is 0.809. The number of hydrogen-bond donors (Lipinski definition) is 1. The maximum Gasteiger partial charge on any atom is 0.236 e. The zero-order chi connectivity index (χ0) is 13.5. The third-order valence-corrected chi connectivity index (χ3v) is 3.25. The summed E-state index contributed by atoms with van der Waals surface area (Å²) < 4.78 is 5.85. The molecule has 0 bridgehead atoms. The molecule has 1 saturated heterocycles. The first-order valence-corrected chi connectivity index (χ1v) is 6.73. The van der Waals surface area contributed by atoms with Gasteiger partial charge in [-0.15, -0.1) is 0 Å². The second kappa shape index (κ2) is 7.21. The number of rotatable bonds is 5. The number of pyridine rings is 1. The molecule has 1 aromatic rings. The van der Waals surface area contributed by atoms with Crippen LogP contribution in [-0.4, -0.2) is 48.6 Å². The summed E-state index contributed by atoms with van der Waals surface area (Å²) in [5, 5.41) is 2.90. The SMILES string of the molecule is CNCC(=O)N1CCC[C@H](OCc2ccccn2)C1. The van der Waals surface area contributed by atoms with Gasteiger partial charge in [0, 0.05) is 19.3 Å². The zero-order valence-electron chi connectivity index (χ0n) is 11.3. The largest absolute Gasteiger partial charge is 0.370 e. The van der Waals surface area contributed by atoms with E-state index in [1.807, 2.05) is 23.1 Å². The molecule has 0 unspecified atom stereocenters. The Morgan fingerprint density at radius 3 is 3.21 bits per heavy atom. The van der Waals surface area contributed by atoms with Gasteiger partial charge in [-0.1, -0.05) is 6.07 Å². The predicted molar refractivity (Wildman–Crippen MR) is 72.6 cm³/mol. The van der Waals surface area contributed by atoms with Crippen LogP contribution in [0.2, 0.25) is 0 Å². The van der Waals surface area contributed by atoms with Crippen molar-refractivity contribution in [3.8, 4) is 0 Å². The van der Waals surface area contributed by atoms with Gasteiger partial charge in [0.1, 0.15) is 0 Å². The molecule has 0 radical (unpaired) electrons. The summed E-state index contributed by atoms with van der Waals surface area (Å²) >= 11 is 0. The molecule has 1 aliphatic heterocycles. The lowest BCUT2D eigenvalue weighted by atomic mass is 10.1. The maximum absolute atomic E-state index is 11.8. The number of hydrogen-bond acceptors (Lipinski definition) is 4. The van der Waals surface area contributed by atoms with Gasteiger partial charge in [-0.3, -0.25) is 9.78 Å². The van der Waals surface area contributed by atoms with E-state index in [9.17, 15) is 4.79 Å². The Labute approximate surface area is 114 Å². The van der Waals surface area contributed by atoms with Crippen molar-refractivity contribution in [2.75, 3.05) is 26.7 Å². The average molecular weight is 263 g/mol. The average Bonchev–Trinajstić information content (AvgIpc) is 2.47. The smallest absolute Gasteiger partial charge is 0.236 e. The third kappa shape index (κ3) is 4.29. The number of amides is 1. The zero-order valence-corrected chi connectivity index (χ0v) is 11.3. The second-order valence-electron chi connectivity index (χ2n) is 4.77. The van der Waals surface area contributed by atoms with E-state index in [0.29, 0.717) is 19.7 Å². The van der Waals surface area contributed by atoms with E-state index in [4.69, 9.17) is 4.74 Å². The molecule has 1 aliphatic rings. The van der Waals surface area contributed by atoms with E-state index in [0.717, 1.165) is 25.1 Å². The van der Waals surface area contributed by atoms with E-state index in [1.165, 1.54) is 0 Å². The highest BCUT2D eigenvalue weighted by Crippen LogP contribution is 2.14. The van der Waals surface area contributed by atoms with E-state index in [1.54, 1.807) is 13.2 Å². The van der Waals surface area contributed by atoms with Gasteiger partial charge in [-0.05, 0) is 32.0 Å². The van der Waals surface area contributed by atoms with Crippen molar-refractivity contribution in [2.45, 2.75) is 25.6 Å². The summed E-state index contributed by atoms with van der Waals surface area (Å²) in [6, 6.07) is 5.80. The summed E-state index contributed by atoms with van der Waals surface area (Å²) in [5.74, 6) is 0.147. The summed E-state index contributed by atoms with van der Waals surface area (Å²) in [6.07, 6.45) is 3.90. The minimum absolute atomic E-state index is 0.122. The van der Waals surface area contributed by atoms with Crippen molar-refractivity contribution in [2.24, 2.45) is 0 Å². The van der Waals surface area contributed by atoms with Gasteiger partial charge >= 0.3 is 0 Å². The fraction of sp³-hybridized carbons (Fsp3) is 0.571. The molecular formula is C14H21N3O2. The van der Waals surface area contributed by atoms with Crippen molar-refractivity contribution in [3.63, 3.8) is 0 Å². The van der Waals surface area contributed by atoms with Gasteiger partial charge in [0.15, 0.2) is 0 Å². The molecule has 1 fully saturated rings. The number of nitrogens with zero attached hydrogens (tertiary/aromatic N) is 2. The first-order chi connectivity index (χ1) is 9.29. The minimum atomic E-state index is 0.122. The number of carbonyl (C=O) groups excluding carboxylic acids is 1. The Kier molecular flexibility index (Phi) is 5.30. The Morgan fingerprint density at radius 1 is 1.58 bits per heavy atom. The molecule has 5 nitrogen and oxygen atoms in total. The molecule has 2 heterocycles. The van der Waals surface area contributed by atoms with E-state index < -0.39 is 0 Å². The molecule has 0 aromatic carbocycles. The highest BCUT2D eigenvalue weighted by atomic mass is 16.5. The standard InChI is InChI=1S/C14H21N3O2/c1-15-9-14(18)17-8-4-6-13(10-17)19-11-12-5-2-3-7-16-12/h2-3,5,7,13,15H,4,6,8-11H2,1H3/t13-/m0/s1. The van der Waals surface area contributed by atoms with Crippen molar-refractivity contribution < 1.29 is 9.53 Å². The number of aromatic nitrogens is 1. The van der Waals surface area contributed by atoms with Crippen LogP contribution in [-0.2, 0) is 16.1 Å². The van der Waals surface area contributed by atoms with Crippen LogP contribution in [0, 0.1) is 0 Å². The summed E-state index contributed by atoms with van der Waals surface area (Å²) in [7, 11) is 1.79. The van der Waals surface area contributed by atoms with Gasteiger partial charge in [0.25, 0.3) is 0 Å². The van der Waals surface area contributed by atoms with Crippen molar-refractivity contribution in [1.82, 2.24) is 15.2 Å². The highest BCUT2D eigenvalue weighted by Gasteiger charge is 2.23. The van der Waals surface area contributed by atoms with Crippen LogP contribution in [0.25, 0.3) is 0 Å². The van der Waals surface area contributed by atoms with Crippen LogP contribution >= 0.6 is 0 Å². The molecule has 5 heteroatoms. The summed E-state index contributed by atoms with van der Waals surface area (Å²) in [6.45, 7) is 2.43. The molecule has 1 amide bonds. The highest BCUT2D eigenvalue weighted by molar-refractivity contribution is 5.78. The molecule has 2 rings (SSSR count). The molecule has 19 heavy (non-hydrogen) atoms. The lowest BCUT2D eigenvalue weighted by Crippen LogP contribution is -2.46. The Balaban J connectivity index is 1.79. The fourth-order valence-corrected chi connectivity index (χ4v) is 2.25. The lowest BCUT2D eigenvalue weighted by molar-refractivity contribution is -0.134. The summed E-state index contributed by atoms with van der Waals surface area (Å²) in [5.41, 5.74) is 0.932. The lowest BCUT2D eigenvalue weighted by Gasteiger charge is -2.32. The Hall–Kier alpha value is -1.46. The van der Waals surface area contributed by atoms with Crippen LogP contribution in [0.1, 0.15) is 18.5 Å². The second-order valence-corrected chi connectivity index (χ2v) is 4.77. The van der Waals surface area contributed by atoms with Crippen molar-refractivity contribution in [1.29, 1.82) is 0 Å². The molecule has 0 saturated carbocycles. The number of piperidine rings is 1. The van der Waals surface area contributed by atoms with Crippen LogP contribution in [0.5, 0.6) is 0 Å². The first-order valence-electron chi connectivity index (χ1n) is 6.73. The maximum atomic E-state index is 11.8. The normalized spacial score (nSPS) is 19.4. The molecule has 0 spiro atoms. The molecule has 0 aliphatic carbocycles. The molecular weight excluding hydrogens is 242 g/mol. The van der Waals surface area contributed by atoms with E-state index >= 15 is 0 Å². The van der Waals surface area contributed by atoms with E-state index in [-0.39, 0.29) is 12.0 Å². The van der Waals surface area contributed by atoms with Gasteiger partial charge in [-0.2, -0.15) is 0 Å². The van der Waals surface area contributed by atoms with Gasteiger partial charge in [-0.25, -0.2) is 0 Å². The number of carbonyl (C=O) groups is 1. The fourth-order valence-electron chi connectivity index (χ4n) is 2.25. The third-order valence-electron chi connectivity index (χ3n) is 3.25. The topological polar surface area (TPSA) is 54.5 Å². The number of ether oxygens (including phenoxy) is 1. The minimum Gasteiger partial charge on any atom is -0.370 e. The monoisotopic (exact) mass is 263 g/mol. The molecule has 1 N–H and O–H groups in total. The molecule has 1 aromatic heterocycles. The Morgan fingerprint density at radius 2 is 2.47 bits per heavy atom. The van der Waals surface area contributed by atoms with Crippen molar-refractivity contribution in [3.05, 3.63) is 30.1 Å². The number of nitrogens with one attached hydrogen (secondary N) is 1. The molecule has 1 atom stereocenters. The van der Waals surface area contributed by atoms with Crippen LogP contribution in [0.15, 0.2) is 24.4 Å². The van der Waals surface area contributed by atoms with Crippen LogP contribution in [0.3, 0.4) is 0 Å². The Bertz CT molecular complexity index is 397. The van der Waals surface area contributed by atoms with E-state index in [2.05, 4.69) is 10.3 Å². The van der Waals surface area contributed by atoms with Crippen molar-refractivity contribution >= 4 is 5.91 Å². The summed E-state index contributed by atoms with van der Waals surface area (Å²) in [4.78, 5) is 17.9. The van der Waals surface area contributed by atoms with Gasteiger partial charge < -0.3 is 15.0 Å². The molecule has 104 valence electrons. The van der Waals surface area contributed by atoms with Gasteiger partial charge in [0.05, 0.1) is 24.9 Å². The first kappa shape index (κ1) is 14.0. The number of likely N-dealkylation sites (N-methyl/N-ethyl adjacent to an activating group) is 1. The number of likely N-dealkylation sites (tertiary alicyclic amines) is 1. The van der Waals surface area contributed by atoms with Gasteiger partial charge in [0.2, 0.25) is 5.91 Å². The van der Waals surface area contributed by atoms with Crippen LogP contribution in [0.4, 0.5) is 0 Å².